The molecule has 6 heteroatoms. The standard InChI is InChI=1S/C9H9ClN2O2S/c1-6-2-3-9(15(10,13)14)8(5-12)7(6)4-11/h2-3H,5,12H2,1H3. The third-order valence-corrected chi connectivity index (χ3v) is 3.46. The van der Waals surface area contributed by atoms with E-state index in [9.17, 15) is 8.42 Å². The van der Waals surface area contributed by atoms with Crippen molar-refractivity contribution in [2.75, 3.05) is 0 Å². The average Bonchev–Trinajstić information content (AvgIpc) is 2.15. The zero-order valence-electron chi connectivity index (χ0n) is 7.99. The molecule has 0 saturated carbocycles. The van der Waals surface area contributed by atoms with Crippen LogP contribution in [0.4, 0.5) is 0 Å². The van der Waals surface area contributed by atoms with E-state index < -0.39 is 9.05 Å². The van der Waals surface area contributed by atoms with Crippen LogP contribution in [0.2, 0.25) is 0 Å². The van der Waals surface area contributed by atoms with Gasteiger partial charge in [0.1, 0.15) is 0 Å². The van der Waals surface area contributed by atoms with Gasteiger partial charge in [-0.15, -0.1) is 0 Å². The molecule has 1 aromatic carbocycles. The fourth-order valence-electron chi connectivity index (χ4n) is 1.33. The van der Waals surface area contributed by atoms with Crippen molar-refractivity contribution in [3.05, 3.63) is 28.8 Å². The zero-order chi connectivity index (χ0) is 11.6. The first-order valence-electron chi connectivity index (χ1n) is 4.09. The monoisotopic (exact) mass is 244 g/mol. The summed E-state index contributed by atoms with van der Waals surface area (Å²) in [5.41, 5.74) is 6.65. The molecular weight excluding hydrogens is 236 g/mol. The number of hydrogen-bond donors (Lipinski definition) is 1. The highest BCUT2D eigenvalue weighted by Gasteiger charge is 2.18. The maximum atomic E-state index is 11.2. The summed E-state index contributed by atoms with van der Waals surface area (Å²) < 4.78 is 22.4. The molecule has 0 bridgehead atoms. The lowest BCUT2D eigenvalue weighted by molar-refractivity contribution is 0.608. The first-order valence-corrected chi connectivity index (χ1v) is 6.40. The van der Waals surface area contributed by atoms with Gasteiger partial charge in [-0.1, -0.05) is 6.07 Å². The molecule has 1 aromatic rings. The summed E-state index contributed by atoms with van der Waals surface area (Å²) in [6, 6.07) is 4.82. The van der Waals surface area contributed by atoms with Gasteiger partial charge in [-0.25, -0.2) is 8.42 Å². The molecule has 0 unspecified atom stereocenters. The van der Waals surface area contributed by atoms with Gasteiger partial charge in [0.15, 0.2) is 0 Å². The largest absolute Gasteiger partial charge is 0.326 e. The van der Waals surface area contributed by atoms with Crippen LogP contribution in [0.25, 0.3) is 0 Å². The molecule has 0 atom stereocenters. The molecule has 0 amide bonds. The van der Waals surface area contributed by atoms with Crippen LogP contribution in [0.15, 0.2) is 17.0 Å². The lowest BCUT2D eigenvalue weighted by atomic mass is 10.0. The molecule has 2 N–H and O–H groups in total. The van der Waals surface area contributed by atoms with Gasteiger partial charge in [0.25, 0.3) is 9.05 Å². The summed E-state index contributed by atoms with van der Waals surface area (Å²) in [7, 11) is 1.38. The third kappa shape index (κ3) is 2.29. The minimum Gasteiger partial charge on any atom is -0.326 e. The molecule has 0 aromatic heterocycles. The van der Waals surface area contributed by atoms with Gasteiger partial charge < -0.3 is 5.73 Å². The predicted molar refractivity (Wildman–Crippen MR) is 56.8 cm³/mol. The summed E-state index contributed by atoms with van der Waals surface area (Å²) in [5.74, 6) is 0. The Morgan fingerprint density at radius 2 is 2.13 bits per heavy atom. The summed E-state index contributed by atoms with van der Waals surface area (Å²) >= 11 is 0. The molecule has 1 rings (SSSR count). The molecule has 0 aliphatic rings. The van der Waals surface area contributed by atoms with Gasteiger partial charge in [-0.05, 0) is 18.6 Å². The summed E-state index contributed by atoms with van der Waals surface area (Å²) in [4.78, 5) is -0.0891. The second-order valence-electron chi connectivity index (χ2n) is 2.99. The van der Waals surface area contributed by atoms with E-state index in [2.05, 4.69) is 0 Å². The van der Waals surface area contributed by atoms with Crippen LogP contribution in [0, 0.1) is 18.3 Å². The Balaban J connectivity index is 3.66. The molecule has 0 fully saturated rings. The van der Waals surface area contributed by atoms with Crippen molar-refractivity contribution in [3.8, 4) is 6.07 Å². The highest BCUT2D eigenvalue weighted by molar-refractivity contribution is 8.13. The van der Waals surface area contributed by atoms with Crippen LogP contribution in [-0.4, -0.2) is 8.42 Å². The minimum absolute atomic E-state index is 0.0359. The highest BCUT2D eigenvalue weighted by Crippen LogP contribution is 2.24. The van der Waals surface area contributed by atoms with Crippen LogP contribution in [-0.2, 0) is 15.6 Å². The Morgan fingerprint density at radius 1 is 1.53 bits per heavy atom. The summed E-state index contributed by atoms with van der Waals surface area (Å²) in [6.07, 6.45) is 0. The second-order valence-corrected chi connectivity index (χ2v) is 5.52. The van der Waals surface area contributed by atoms with Crippen molar-refractivity contribution < 1.29 is 8.42 Å². The number of halogens is 1. The number of nitrogens with zero attached hydrogens (tertiary/aromatic N) is 1. The van der Waals surface area contributed by atoms with Crippen LogP contribution in [0.3, 0.4) is 0 Å². The second kappa shape index (κ2) is 4.19. The van der Waals surface area contributed by atoms with Crippen LogP contribution in [0.1, 0.15) is 16.7 Å². The zero-order valence-corrected chi connectivity index (χ0v) is 9.56. The molecule has 0 aliphatic heterocycles. The highest BCUT2D eigenvalue weighted by atomic mass is 35.7. The first-order chi connectivity index (χ1) is 6.91. The number of rotatable bonds is 2. The quantitative estimate of drug-likeness (QED) is 0.794. The smallest absolute Gasteiger partial charge is 0.261 e. The maximum Gasteiger partial charge on any atom is 0.261 e. The van der Waals surface area contributed by atoms with Crippen LogP contribution < -0.4 is 5.73 Å². The van der Waals surface area contributed by atoms with E-state index >= 15 is 0 Å². The molecular formula is C9H9ClN2O2S. The Hall–Kier alpha value is -1.09. The summed E-state index contributed by atoms with van der Waals surface area (Å²) in [6.45, 7) is 1.67. The van der Waals surface area contributed by atoms with E-state index in [0.29, 0.717) is 5.56 Å². The Bertz CT molecular complexity index is 532. The van der Waals surface area contributed by atoms with Gasteiger partial charge in [0.05, 0.1) is 16.5 Å². The number of nitrogens with two attached hydrogens (primary N) is 1. The Kier molecular flexibility index (Phi) is 3.35. The minimum atomic E-state index is -3.85. The number of benzene rings is 1. The van der Waals surface area contributed by atoms with Gasteiger partial charge in [-0.3, -0.25) is 0 Å². The van der Waals surface area contributed by atoms with Crippen molar-refractivity contribution in [3.63, 3.8) is 0 Å². The number of aryl methyl sites for hydroxylation is 1. The van der Waals surface area contributed by atoms with E-state index in [0.717, 1.165) is 0 Å². The molecule has 0 aliphatic carbocycles. The fraction of sp³-hybridized carbons (Fsp3) is 0.222. The summed E-state index contributed by atoms with van der Waals surface area (Å²) in [5, 5.41) is 8.88. The Labute approximate surface area is 92.7 Å². The maximum absolute atomic E-state index is 11.2. The number of hydrogen-bond acceptors (Lipinski definition) is 4. The van der Waals surface area contributed by atoms with Crippen molar-refractivity contribution >= 4 is 19.7 Å². The Morgan fingerprint density at radius 3 is 2.53 bits per heavy atom. The topological polar surface area (TPSA) is 83.9 Å². The van der Waals surface area contributed by atoms with Gasteiger partial charge in [-0.2, -0.15) is 5.26 Å². The molecule has 80 valence electrons. The van der Waals surface area contributed by atoms with Gasteiger partial charge in [0, 0.05) is 22.8 Å². The van der Waals surface area contributed by atoms with Crippen LogP contribution in [0.5, 0.6) is 0 Å². The lowest BCUT2D eigenvalue weighted by Crippen LogP contribution is -2.07. The number of nitriles is 1. The van der Waals surface area contributed by atoms with Gasteiger partial charge in [0.2, 0.25) is 0 Å². The van der Waals surface area contributed by atoms with Gasteiger partial charge >= 0.3 is 0 Å². The van der Waals surface area contributed by atoms with E-state index in [1.54, 1.807) is 6.92 Å². The SMILES string of the molecule is Cc1ccc(S(=O)(=O)Cl)c(CN)c1C#N. The molecule has 15 heavy (non-hydrogen) atoms. The van der Waals surface area contributed by atoms with Crippen molar-refractivity contribution in [1.82, 2.24) is 0 Å². The van der Waals surface area contributed by atoms with Crippen molar-refractivity contribution in [1.29, 1.82) is 5.26 Å². The predicted octanol–water partition coefficient (Wildman–Crippen LogP) is 1.25. The molecule has 0 spiro atoms. The molecule has 0 saturated heterocycles. The van der Waals surface area contributed by atoms with Crippen LogP contribution >= 0.6 is 10.7 Å². The fourth-order valence-corrected chi connectivity index (χ4v) is 2.48. The van der Waals surface area contributed by atoms with E-state index in [-0.39, 0.29) is 22.6 Å². The van der Waals surface area contributed by atoms with Crippen molar-refractivity contribution in [2.45, 2.75) is 18.4 Å². The average molecular weight is 245 g/mol. The molecule has 0 radical (unpaired) electrons. The molecule has 0 heterocycles. The van der Waals surface area contributed by atoms with E-state index in [1.807, 2.05) is 6.07 Å². The molecule has 4 nitrogen and oxygen atoms in total. The first kappa shape index (κ1) is 12.0. The normalized spacial score (nSPS) is 11.1. The van der Waals surface area contributed by atoms with E-state index in [1.165, 1.54) is 12.1 Å². The van der Waals surface area contributed by atoms with E-state index in [4.69, 9.17) is 21.7 Å². The third-order valence-electron chi connectivity index (χ3n) is 2.06. The lowest BCUT2D eigenvalue weighted by Gasteiger charge is -2.08. The van der Waals surface area contributed by atoms with Crippen molar-refractivity contribution in [2.24, 2.45) is 5.73 Å².